The van der Waals surface area contributed by atoms with Crippen molar-refractivity contribution in [2.45, 2.75) is 135 Å². The summed E-state index contributed by atoms with van der Waals surface area (Å²) >= 11 is 0. The average molecular weight is 489 g/mol. The highest BCUT2D eigenvalue weighted by Gasteiger charge is 2.22. The van der Waals surface area contributed by atoms with Gasteiger partial charge in [0, 0.05) is 18.0 Å². The molecule has 198 valence electrons. The Balaban J connectivity index is 1.19. The van der Waals surface area contributed by atoms with Crippen molar-refractivity contribution in [2.75, 3.05) is 0 Å². The Kier molecular flexibility index (Phi) is 11.3. The number of hydrogen-bond acceptors (Lipinski definition) is 2. The molecule has 36 heavy (non-hydrogen) atoms. The molecular formula is C34H52N2. The lowest BCUT2D eigenvalue weighted by molar-refractivity contribution is 0.250. The number of unbranched alkanes of at least 4 members (excludes halogenated alkanes) is 4. The fraction of sp³-hybridized carbons (Fsp3) is 0.706. The Bertz CT molecular complexity index is 840. The normalized spacial score (nSPS) is 24.6. The van der Waals surface area contributed by atoms with Crippen molar-refractivity contribution in [3.05, 3.63) is 47.8 Å². The van der Waals surface area contributed by atoms with Gasteiger partial charge in [0.25, 0.3) is 0 Å². The van der Waals surface area contributed by atoms with E-state index in [-0.39, 0.29) is 0 Å². The topological polar surface area (TPSA) is 25.8 Å². The third-order valence-electron chi connectivity index (χ3n) is 9.43. The molecule has 0 spiro atoms. The largest absolute Gasteiger partial charge is 0.236 e. The Morgan fingerprint density at radius 3 is 1.78 bits per heavy atom. The van der Waals surface area contributed by atoms with Crippen molar-refractivity contribution >= 4 is 0 Å². The van der Waals surface area contributed by atoms with E-state index in [1.807, 2.05) is 0 Å². The molecule has 0 unspecified atom stereocenters. The maximum absolute atomic E-state index is 4.74. The molecule has 0 bridgehead atoms. The van der Waals surface area contributed by atoms with Crippen molar-refractivity contribution in [2.24, 2.45) is 17.8 Å². The van der Waals surface area contributed by atoms with Crippen LogP contribution in [0.1, 0.15) is 140 Å². The highest BCUT2D eigenvalue weighted by molar-refractivity contribution is 5.55. The minimum atomic E-state index is 0.746. The highest BCUT2D eigenvalue weighted by atomic mass is 14.9. The third-order valence-corrected chi connectivity index (χ3v) is 9.43. The van der Waals surface area contributed by atoms with Crippen molar-refractivity contribution in [1.82, 2.24) is 9.97 Å². The molecule has 1 aromatic carbocycles. The fourth-order valence-electron chi connectivity index (χ4n) is 6.85. The monoisotopic (exact) mass is 488 g/mol. The maximum Gasteiger partial charge on any atom is 0.159 e. The van der Waals surface area contributed by atoms with E-state index < -0.39 is 0 Å². The zero-order valence-electron chi connectivity index (χ0n) is 23.4. The molecule has 0 aliphatic heterocycles. The van der Waals surface area contributed by atoms with Gasteiger partial charge in [-0.1, -0.05) is 115 Å². The van der Waals surface area contributed by atoms with Crippen LogP contribution in [0.4, 0.5) is 0 Å². The summed E-state index contributed by atoms with van der Waals surface area (Å²) in [5, 5.41) is 0. The summed E-state index contributed by atoms with van der Waals surface area (Å²) in [7, 11) is 0. The van der Waals surface area contributed by atoms with Gasteiger partial charge < -0.3 is 0 Å². The van der Waals surface area contributed by atoms with Gasteiger partial charge in [-0.25, -0.2) is 9.97 Å². The van der Waals surface area contributed by atoms with E-state index in [1.54, 1.807) is 0 Å². The second-order valence-electron chi connectivity index (χ2n) is 12.2. The van der Waals surface area contributed by atoms with Crippen molar-refractivity contribution in [3.8, 4) is 11.4 Å². The van der Waals surface area contributed by atoms with Gasteiger partial charge in [0.05, 0.1) is 0 Å². The fourth-order valence-corrected chi connectivity index (χ4v) is 6.85. The molecule has 1 heterocycles. The van der Waals surface area contributed by atoms with Crippen molar-refractivity contribution < 1.29 is 0 Å². The smallest absolute Gasteiger partial charge is 0.159 e. The molecule has 0 radical (unpaired) electrons. The third kappa shape index (κ3) is 8.42. The van der Waals surface area contributed by atoms with Gasteiger partial charge in [-0.15, -0.1) is 0 Å². The molecule has 2 nitrogen and oxygen atoms in total. The quantitative estimate of drug-likeness (QED) is 0.262. The molecular weight excluding hydrogens is 436 g/mol. The molecule has 2 aliphatic carbocycles. The Morgan fingerprint density at radius 2 is 1.17 bits per heavy atom. The van der Waals surface area contributed by atoms with E-state index >= 15 is 0 Å². The summed E-state index contributed by atoms with van der Waals surface area (Å²) in [6, 6.07) is 9.18. The first-order chi connectivity index (χ1) is 17.7. The average Bonchev–Trinajstić information content (AvgIpc) is 2.94. The summed E-state index contributed by atoms with van der Waals surface area (Å²) in [5.74, 6) is 4.51. The van der Waals surface area contributed by atoms with E-state index in [1.165, 1.54) is 120 Å². The lowest BCUT2D eigenvalue weighted by Crippen LogP contribution is -2.15. The Morgan fingerprint density at radius 1 is 0.611 bits per heavy atom. The number of aryl methyl sites for hydroxylation is 1. The summed E-state index contributed by atoms with van der Waals surface area (Å²) < 4.78 is 0. The van der Waals surface area contributed by atoms with Gasteiger partial charge in [-0.05, 0) is 73.3 Å². The van der Waals surface area contributed by atoms with E-state index in [0.29, 0.717) is 0 Å². The first-order valence-corrected chi connectivity index (χ1v) is 15.7. The lowest BCUT2D eigenvalue weighted by atomic mass is 9.77. The molecule has 2 aliphatic rings. The standard InChI is InChI=1S/C34H52N2/c1-3-5-7-8-10-28-17-19-31(20-18-28)32-21-23-33(24-22-32)34-35-25-30(26-36-34)16-15-29-13-11-27(12-14-29)9-6-4-2/h21-29,31H,3-20H2,1-2H3/t27-,28-,29-,31-. The van der Waals surface area contributed by atoms with Crippen LogP contribution in [0.3, 0.4) is 0 Å². The van der Waals surface area contributed by atoms with Crippen molar-refractivity contribution in [1.29, 1.82) is 0 Å². The predicted molar refractivity (Wildman–Crippen MR) is 154 cm³/mol. The molecule has 0 N–H and O–H groups in total. The lowest BCUT2D eigenvalue weighted by Gasteiger charge is -2.29. The number of aromatic nitrogens is 2. The van der Waals surface area contributed by atoms with Crippen LogP contribution in [-0.2, 0) is 6.42 Å². The maximum atomic E-state index is 4.74. The molecule has 1 aromatic heterocycles. The van der Waals surface area contributed by atoms with E-state index in [9.17, 15) is 0 Å². The minimum Gasteiger partial charge on any atom is -0.236 e. The zero-order valence-corrected chi connectivity index (χ0v) is 23.4. The summed E-state index contributed by atoms with van der Waals surface area (Å²) in [6.45, 7) is 4.62. The van der Waals surface area contributed by atoms with Gasteiger partial charge in [0.15, 0.2) is 5.82 Å². The van der Waals surface area contributed by atoms with Crippen molar-refractivity contribution in [3.63, 3.8) is 0 Å². The number of benzene rings is 1. The van der Waals surface area contributed by atoms with E-state index in [2.05, 4.69) is 50.5 Å². The Hall–Kier alpha value is -1.70. The minimum absolute atomic E-state index is 0.746. The summed E-state index contributed by atoms with van der Waals surface area (Å²) in [6.07, 6.45) is 29.2. The Labute approximate surface area is 222 Å². The molecule has 4 rings (SSSR count). The SMILES string of the molecule is CCCCCC[C@H]1CC[C@H](c2ccc(-c3ncc(CC[C@H]4CC[C@H](CCCC)CC4)cn3)cc2)CC1. The van der Waals surface area contributed by atoms with Gasteiger partial charge in [-0.3, -0.25) is 0 Å². The van der Waals surface area contributed by atoms with Crippen LogP contribution in [0.25, 0.3) is 11.4 Å². The van der Waals surface area contributed by atoms with Crippen LogP contribution in [0.5, 0.6) is 0 Å². The van der Waals surface area contributed by atoms with Crippen LogP contribution >= 0.6 is 0 Å². The first-order valence-electron chi connectivity index (χ1n) is 15.7. The number of rotatable bonds is 13. The molecule has 2 heteroatoms. The molecule has 2 fully saturated rings. The van der Waals surface area contributed by atoms with Crippen LogP contribution in [0, 0.1) is 17.8 Å². The number of hydrogen-bond donors (Lipinski definition) is 0. The van der Waals surface area contributed by atoms with Crippen LogP contribution in [0.2, 0.25) is 0 Å². The second kappa shape index (κ2) is 14.9. The van der Waals surface area contributed by atoms with Gasteiger partial charge in [0.1, 0.15) is 0 Å². The van der Waals surface area contributed by atoms with Gasteiger partial charge in [0.2, 0.25) is 0 Å². The van der Waals surface area contributed by atoms with Crippen LogP contribution < -0.4 is 0 Å². The van der Waals surface area contributed by atoms with Gasteiger partial charge in [-0.2, -0.15) is 0 Å². The molecule has 0 saturated heterocycles. The highest BCUT2D eigenvalue weighted by Crippen LogP contribution is 2.38. The molecule has 0 atom stereocenters. The second-order valence-corrected chi connectivity index (χ2v) is 12.2. The molecule has 2 aromatic rings. The first kappa shape index (κ1) is 27.3. The summed E-state index contributed by atoms with van der Waals surface area (Å²) in [5.41, 5.74) is 3.97. The van der Waals surface area contributed by atoms with Gasteiger partial charge >= 0.3 is 0 Å². The number of nitrogens with zero attached hydrogens (tertiary/aromatic N) is 2. The predicted octanol–water partition coefficient (Wildman–Crippen LogP) is 10.3. The van der Waals surface area contributed by atoms with Crippen LogP contribution in [-0.4, -0.2) is 9.97 Å². The summed E-state index contributed by atoms with van der Waals surface area (Å²) in [4.78, 5) is 9.48. The zero-order chi connectivity index (χ0) is 25.0. The molecule has 0 amide bonds. The molecule has 2 saturated carbocycles. The van der Waals surface area contributed by atoms with E-state index in [4.69, 9.17) is 9.97 Å². The van der Waals surface area contributed by atoms with Crippen LogP contribution in [0.15, 0.2) is 36.7 Å². The van der Waals surface area contributed by atoms with E-state index in [0.717, 1.165) is 41.5 Å².